The Morgan fingerprint density at radius 3 is 2.51 bits per heavy atom. The minimum Gasteiger partial charge on any atom is -0.389 e. The van der Waals surface area contributed by atoms with E-state index in [1.807, 2.05) is 11.0 Å². The smallest absolute Gasteiger partial charge is 0.389 e. The van der Waals surface area contributed by atoms with Crippen LogP contribution in [0, 0.1) is 5.92 Å². The summed E-state index contributed by atoms with van der Waals surface area (Å²) in [5, 5.41) is 10.1. The van der Waals surface area contributed by atoms with E-state index in [0.717, 1.165) is 32.4 Å². The Kier molecular flexibility index (Phi) is 9.07. The number of halogens is 3. The predicted molar refractivity (Wildman–Crippen MR) is 125 cm³/mol. The number of nitrogens with zero attached hydrogens (tertiary/aromatic N) is 2. The van der Waals surface area contributed by atoms with Gasteiger partial charge >= 0.3 is 6.18 Å². The fraction of sp³-hybridized carbons (Fsp3) is 0.731. The number of hydrogen-bond acceptors (Lipinski definition) is 5. The van der Waals surface area contributed by atoms with Gasteiger partial charge in [0.2, 0.25) is 5.91 Å². The number of alkyl halides is 3. The molecule has 0 saturated carbocycles. The largest absolute Gasteiger partial charge is 0.390 e. The van der Waals surface area contributed by atoms with Crippen molar-refractivity contribution in [2.45, 2.75) is 75.5 Å². The molecule has 4 atom stereocenters. The summed E-state index contributed by atoms with van der Waals surface area (Å²) in [6.45, 7) is 1.73. The summed E-state index contributed by atoms with van der Waals surface area (Å²) in [5.41, 5.74) is 1.33. The molecule has 0 radical (unpaired) electrons. The molecular formula is C26H37F3N2O4. The van der Waals surface area contributed by atoms with E-state index in [9.17, 15) is 23.1 Å². The first-order valence-electron chi connectivity index (χ1n) is 12.8. The van der Waals surface area contributed by atoms with Crippen LogP contribution in [0.3, 0.4) is 0 Å². The molecule has 35 heavy (non-hydrogen) atoms. The molecule has 196 valence electrons. The van der Waals surface area contributed by atoms with Crippen LogP contribution >= 0.6 is 0 Å². The highest BCUT2D eigenvalue weighted by Gasteiger charge is 2.40. The summed E-state index contributed by atoms with van der Waals surface area (Å²) in [4.78, 5) is 16.6. The van der Waals surface area contributed by atoms with Crippen molar-refractivity contribution in [2.24, 2.45) is 5.92 Å². The number of benzene rings is 1. The lowest BCUT2D eigenvalue weighted by Gasteiger charge is -2.45. The SMILES string of the molecule is O=C(C[C@H]1CC[C@@H]2[C@H](COC[C@@H](O)CN2CCC(F)(F)F)O1)N1CCC(Cc2ccccc2)CC1. The lowest BCUT2D eigenvalue weighted by Crippen LogP contribution is -2.56. The third kappa shape index (κ3) is 7.90. The highest BCUT2D eigenvalue weighted by molar-refractivity contribution is 5.76. The number of hydrogen-bond donors (Lipinski definition) is 1. The van der Waals surface area contributed by atoms with Gasteiger partial charge in [0.05, 0.1) is 44.4 Å². The van der Waals surface area contributed by atoms with E-state index < -0.39 is 24.8 Å². The van der Waals surface area contributed by atoms with Crippen molar-refractivity contribution in [3.05, 3.63) is 35.9 Å². The number of aliphatic hydroxyl groups excluding tert-OH is 1. The fourth-order valence-corrected chi connectivity index (χ4v) is 5.63. The van der Waals surface area contributed by atoms with Crippen LogP contribution in [0.4, 0.5) is 13.2 Å². The molecule has 6 nitrogen and oxygen atoms in total. The monoisotopic (exact) mass is 498 g/mol. The molecule has 0 aromatic heterocycles. The third-order valence-electron chi connectivity index (χ3n) is 7.51. The van der Waals surface area contributed by atoms with E-state index in [4.69, 9.17) is 9.47 Å². The Labute approximate surface area is 205 Å². The molecule has 1 amide bonds. The molecule has 3 heterocycles. The molecule has 4 rings (SSSR count). The number of likely N-dealkylation sites (tertiary alicyclic amines) is 1. The van der Waals surface area contributed by atoms with Crippen LogP contribution in [0.25, 0.3) is 0 Å². The number of carbonyl (C=O) groups excluding carboxylic acids is 1. The van der Waals surface area contributed by atoms with Crippen molar-refractivity contribution in [3.8, 4) is 0 Å². The normalized spacial score (nSPS) is 29.3. The number of rotatable bonds is 6. The van der Waals surface area contributed by atoms with Crippen LogP contribution in [0.2, 0.25) is 0 Å². The first-order valence-corrected chi connectivity index (χ1v) is 12.8. The summed E-state index contributed by atoms with van der Waals surface area (Å²) in [6.07, 6.45) is -2.14. The van der Waals surface area contributed by atoms with Crippen molar-refractivity contribution >= 4 is 5.91 Å². The van der Waals surface area contributed by atoms with Gasteiger partial charge in [-0.3, -0.25) is 9.69 Å². The maximum Gasteiger partial charge on any atom is 0.390 e. The number of amides is 1. The Hall–Kier alpha value is -1.68. The summed E-state index contributed by atoms with van der Waals surface area (Å²) in [7, 11) is 0. The maximum absolute atomic E-state index is 13.0. The molecule has 0 bridgehead atoms. The van der Waals surface area contributed by atoms with Crippen LogP contribution in [-0.2, 0) is 20.7 Å². The highest BCUT2D eigenvalue weighted by Crippen LogP contribution is 2.30. The zero-order valence-electron chi connectivity index (χ0n) is 20.2. The molecular weight excluding hydrogens is 461 g/mol. The molecule has 3 aliphatic heterocycles. The maximum atomic E-state index is 13.0. The Balaban J connectivity index is 1.26. The zero-order chi connectivity index (χ0) is 24.8. The quantitative estimate of drug-likeness (QED) is 0.652. The Morgan fingerprint density at radius 1 is 1.06 bits per heavy atom. The van der Waals surface area contributed by atoms with Gasteiger partial charge in [-0.1, -0.05) is 30.3 Å². The summed E-state index contributed by atoms with van der Waals surface area (Å²) in [5.74, 6) is 0.668. The first-order chi connectivity index (χ1) is 16.8. The van der Waals surface area contributed by atoms with Gasteiger partial charge in [0.1, 0.15) is 0 Å². The van der Waals surface area contributed by atoms with Gasteiger partial charge in [0.15, 0.2) is 0 Å². The van der Waals surface area contributed by atoms with Crippen molar-refractivity contribution in [1.29, 1.82) is 0 Å². The molecule has 0 spiro atoms. The number of fused-ring (bicyclic) bond motifs is 1. The molecule has 1 N–H and O–H groups in total. The average molecular weight is 499 g/mol. The molecule has 1 aromatic carbocycles. The highest BCUT2D eigenvalue weighted by atomic mass is 19.4. The number of carbonyl (C=O) groups is 1. The predicted octanol–water partition coefficient (Wildman–Crippen LogP) is 3.42. The van der Waals surface area contributed by atoms with Gasteiger partial charge in [-0.25, -0.2) is 0 Å². The van der Waals surface area contributed by atoms with Gasteiger partial charge in [-0.15, -0.1) is 0 Å². The Morgan fingerprint density at radius 2 is 1.80 bits per heavy atom. The van der Waals surface area contributed by atoms with E-state index in [-0.39, 0.29) is 50.8 Å². The lowest BCUT2D eigenvalue weighted by atomic mass is 9.89. The van der Waals surface area contributed by atoms with Gasteiger partial charge < -0.3 is 19.5 Å². The van der Waals surface area contributed by atoms with E-state index in [1.54, 1.807) is 4.90 Å². The van der Waals surface area contributed by atoms with Gasteiger partial charge in [-0.05, 0) is 43.6 Å². The summed E-state index contributed by atoms with van der Waals surface area (Å²) < 4.78 is 50.3. The van der Waals surface area contributed by atoms with Crippen LogP contribution in [0.15, 0.2) is 30.3 Å². The van der Waals surface area contributed by atoms with Gasteiger partial charge in [0.25, 0.3) is 0 Å². The molecule has 1 aromatic rings. The average Bonchev–Trinajstić information content (AvgIpc) is 2.81. The van der Waals surface area contributed by atoms with Gasteiger partial charge in [-0.2, -0.15) is 13.2 Å². The second-order valence-corrected chi connectivity index (χ2v) is 10.2. The molecule has 0 unspecified atom stereocenters. The second-order valence-electron chi connectivity index (χ2n) is 10.2. The second kappa shape index (κ2) is 12.0. The molecule has 3 aliphatic rings. The Bertz CT molecular complexity index is 802. The fourth-order valence-electron chi connectivity index (χ4n) is 5.63. The number of aliphatic hydroxyl groups is 1. The molecule has 9 heteroatoms. The first kappa shape index (κ1) is 26.4. The van der Waals surface area contributed by atoms with Crippen LogP contribution in [0.5, 0.6) is 0 Å². The van der Waals surface area contributed by atoms with Crippen molar-refractivity contribution in [3.63, 3.8) is 0 Å². The minimum absolute atomic E-state index is 0.0661. The standard InChI is InChI=1S/C26H37F3N2O4/c27-26(28,29)10-13-31-16-21(32)17-34-18-24-23(31)7-6-22(35-24)15-25(33)30-11-8-20(9-12-30)14-19-4-2-1-3-5-19/h1-5,20-24,32H,6-18H2/t21-,22+,23+,24-/m0/s1. The minimum atomic E-state index is -4.25. The summed E-state index contributed by atoms with van der Waals surface area (Å²) >= 11 is 0. The van der Waals surface area contributed by atoms with Crippen LogP contribution in [-0.4, -0.2) is 90.7 Å². The van der Waals surface area contributed by atoms with Crippen LogP contribution in [0.1, 0.15) is 44.1 Å². The van der Waals surface area contributed by atoms with Crippen molar-refractivity contribution in [2.75, 3.05) is 39.4 Å². The van der Waals surface area contributed by atoms with Crippen LogP contribution < -0.4 is 0 Å². The van der Waals surface area contributed by atoms with E-state index in [1.165, 1.54) is 5.56 Å². The number of piperidine rings is 1. The van der Waals surface area contributed by atoms with Crippen molar-refractivity contribution < 1.29 is 32.5 Å². The van der Waals surface area contributed by atoms with E-state index in [2.05, 4.69) is 24.3 Å². The van der Waals surface area contributed by atoms with E-state index >= 15 is 0 Å². The summed E-state index contributed by atoms with van der Waals surface area (Å²) in [6, 6.07) is 10.2. The molecule has 0 aliphatic carbocycles. The van der Waals surface area contributed by atoms with Crippen molar-refractivity contribution in [1.82, 2.24) is 9.80 Å². The van der Waals surface area contributed by atoms with E-state index in [0.29, 0.717) is 18.8 Å². The lowest BCUT2D eigenvalue weighted by molar-refractivity contribution is -0.171. The van der Waals surface area contributed by atoms with Gasteiger partial charge in [0, 0.05) is 32.2 Å². The molecule has 3 saturated heterocycles. The molecule has 3 fully saturated rings. The third-order valence-corrected chi connectivity index (χ3v) is 7.51. The number of ether oxygens (including phenoxy) is 2. The number of β-amino-alcohol motifs (C(OH)–C–C–N with tert-alkyl or cyclic N) is 1. The zero-order valence-corrected chi connectivity index (χ0v) is 20.2. The topological polar surface area (TPSA) is 62.2 Å².